The van der Waals surface area contributed by atoms with E-state index in [1.54, 1.807) is 0 Å². The smallest absolute Gasteiger partial charge is 0.357 e. The van der Waals surface area contributed by atoms with Crippen LogP contribution >= 0.6 is 0 Å². The first-order valence-electron chi connectivity index (χ1n) is 7.64. The molecule has 0 spiro atoms. The van der Waals surface area contributed by atoms with Crippen molar-refractivity contribution in [2.75, 3.05) is 11.9 Å². The van der Waals surface area contributed by atoms with Gasteiger partial charge in [-0.25, -0.2) is 22.9 Å². The molecule has 0 aliphatic heterocycles. The average molecular weight is 375 g/mol. The summed E-state index contributed by atoms with van der Waals surface area (Å²) < 4.78 is 45.8. The Morgan fingerprint density at radius 1 is 1.04 bits per heavy atom. The maximum absolute atomic E-state index is 13.5. The second kappa shape index (κ2) is 7.73. The number of benzene rings is 2. The Balaban J connectivity index is 1.65. The fourth-order valence-electron chi connectivity index (χ4n) is 2.24. The van der Waals surface area contributed by atoms with Crippen molar-refractivity contribution in [3.8, 4) is 5.69 Å². The van der Waals surface area contributed by atoms with Crippen molar-refractivity contribution < 1.29 is 27.5 Å². The van der Waals surface area contributed by atoms with Gasteiger partial charge in [0.15, 0.2) is 12.3 Å². The third kappa shape index (κ3) is 4.32. The second-order valence-corrected chi connectivity index (χ2v) is 5.37. The summed E-state index contributed by atoms with van der Waals surface area (Å²) in [7, 11) is 0. The Kier molecular flexibility index (Phi) is 5.20. The van der Waals surface area contributed by atoms with Crippen molar-refractivity contribution in [2.45, 2.75) is 0 Å². The maximum Gasteiger partial charge on any atom is 0.357 e. The molecule has 0 bridgehead atoms. The molecule has 0 saturated heterocycles. The lowest BCUT2D eigenvalue weighted by molar-refractivity contribution is -0.119. The summed E-state index contributed by atoms with van der Waals surface area (Å²) in [5.41, 5.74) is 0.103. The number of anilines is 1. The highest BCUT2D eigenvalue weighted by molar-refractivity contribution is 5.95. The summed E-state index contributed by atoms with van der Waals surface area (Å²) in [5.74, 6) is -3.71. The number of hydrogen-bond acceptors (Lipinski definition) is 4. The van der Waals surface area contributed by atoms with Crippen molar-refractivity contribution in [3.63, 3.8) is 0 Å². The highest BCUT2D eigenvalue weighted by Gasteiger charge is 2.17. The zero-order valence-corrected chi connectivity index (χ0v) is 13.7. The van der Waals surface area contributed by atoms with Gasteiger partial charge in [-0.3, -0.25) is 9.36 Å². The Bertz CT molecular complexity index is 987. The third-order valence-electron chi connectivity index (χ3n) is 3.49. The van der Waals surface area contributed by atoms with Crippen LogP contribution in [0.2, 0.25) is 0 Å². The molecule has 3 rings (SSSR count). The predicted octanol–water partition coefficient (Wildman–Crippen LogP) is 3.09. The minimum Gasteiger partial charge on any atom is -0.451 e. The van der Waals surface area contributed by atoms with Gasteiger partial charge in [0.25, 0.3) is 5.91 Å². The molecule has 0 atom stereocenters. The Morgan fingerprint density at radius 3 is 2.48 bits per heavy atom. The van der Waals surface area contributed by atoms with E-state index >= 15 is 0 Å². The number of aromatic nitrogens is 2. The van der Waals surface area contributed by atoms with E-state index in [1.165, 1.54) is 41.4 Å². The zero-order chi connectivity index (χ0) is 19.4. The van der Waals surface area contributed by atoms with Crippen LogP contribution < -0.4 is 5.32 Å². The third-order valence-corrected chi connectivity index (χ3v) is 3.49. The molecule has 1 aromatic heterocycles. The van der Waals surface area contributed by atoms with Crippen LogP contribution in [0.3, 0.4) is 0 Å². The summed E-state index contributed by atoms with van der Waals surface area (Å²) in [6.45, 7) is -0.719. The summed E-state index contributed by atoms with van der Waals surface area (Å²) in [6, 6.07) is 7.87. The molecule has 0 aliphatic carbocycles. The van der Waals surface area contributed by atoms with Crippen LogP contribution in [-0.2, 0) is 9.53 Å². The summed E-state index contributed by atoms with van der Waals surface area (Å²) in [4.78, 5) is 27.8. The van der Waals surface area contributed by atoms with Crippen molar-refractivity contribution >= 4 is 17.6 Å². The van der Waals surface area contributed by atoms with Crippen molar-refractivity contribution in [2.24, 2.45) is 0 Å². The van der Waals surface area contributed by atoms with Gasteiger partial charge in [0.1, 0.15) is 17.5 Å². The van der Waals surface area contributed by atoms with Crippen LogP contribution in [0.1, 0.15) is 10.5 Å². The first-order chi connectivity index (χ1) is 12.9. The molecule has 2 aromatic carbocycles. The van der Waals surface area contributed by atoms with Gasteiger partial charge >= 0.3 is 5.97 Å². The SMILES string of the molecule is O=C(COC(=O)c1cncn1-c1ccc(F)cc1)Nc1cc(F)ccc1F. The first kappa shape index (κ1) is 18.2. The number of hydrogen-bond donors (Lipinski definition) is 1. The maximum atomic E-state index is 13.5. The lowest BCUT2D eigenvalue weighted by Crippen LogP contribution is -2.22. The monoisotopic (exact) mass is 375 g/mol. The average Bonchev–Trinajstić information content (AvgIpc) is 3.13. The highest BCUT2D eigenvalue weighted by atomic mass is 19.1. The number of nitrogens with zero attached hydrogens (tertiary/aromatic N) is 2. The van der Waals surface area contributed by atoms with E-state index < -0.39 is 35.9 Å². The minimum absolute atomic E-state index is 0.00587. The lowest BCUT2D eigenvalue weighted by Gasteiger charge is -2.09. The normalized spacial score (nSPS) is 10.5. The van der Waals surface area contributed by atoms with Crippen molar-refractivity contribution in [1.82, 2.24) is 9.55 Å². The van der Waals surface area contributed by atoms with Gasteiger partial charge in [0, 0.05) is 11.8 Å². The van der Waals surface area contributed by atoms with E-state index in [-0.39, 0.29) is 11.4 Å². The van der Waals surface area contributed by atoms with Crippen LogP contribution in [0.4, 0.5) is 18.9 Å². The molecule has 9 heteroatoms. The predicted molar refractivity (Wildman–Crippen MR) is 88.8 cm³/mol. The van der Waals surface area contributed by atoms with E-state index in [2.05, 4.69) is 10.3 Å². The number of imidazole rings is 1. The number of carbonyl (C=O) groups is 2. The Hall–Kier alpha value is -3.62. The van der Waals surface area contributed by atoms with E-state index in [4.69, 9.17) is 4.74 Å². The first-order valence-corrected chi connectivity index (χ1v) is 7.64. The lowest BCUT2D eigenvalue weighted by atomic mass is 10.3. The molecule has 0 unspecified atom stereocenters. The van der Waals surface area contributed by atoms with Gasteiger partial charge in [-0.2, -0.15) is 0 Å². The van der Waals surface area contributed by atoms with Crippen LogP contribution in [0, 0.1) is 17.5 Å². The van der Waals surface area contributed by atoms with Gasteiger partial charge in [0.2, 0.25) is 0 Å². The number of esters is 1. The van der Waals surface area contributed by atoms with E-state index in [9.17, 15) is 22.8 Å². The second-order valence-electron chi connectivity index (χ2n) is 5.37. The Labute approximate surface area is 151 Å². The molecule has 6 nitrogen and oxygen atoms in total. The number of carbonyl (C=O) groups excluding carboxylic acids is 2. The van der Waals surface area contributed by atoms with Gasteiger partial charge < -0.3 is 10.1 Å². The fourth-order valence-corrected chi connectivity index (χ4v) is 2.24. The van der Waals surface area contributed by atoms with Crippen LogP contribution in [0.25, 0.3) is 5.69 Å². The van der Waals surface area contributed by atoms with Gasteiger partial charge in [-0.05, 0) is 36.4 Å². The summed E-state index contributed by atoms with van der Waals surface area (Å²) >= 11 is 0. The van der Waals surface area contributed by atoms with Gasteiger partial charge in [0.05, 0.1) is 18.2 Å². The molecule has 138 valence electrons. The molecule has 1 N–H and O–H groups in total. The number of nitrogens with one attached hydrogen (secondary N) is 1. The van der Waals surface area contributed by atoms with E-state index in [0.29, 0.717) is 5.69 Å². The number of halogens is 3. The highest BCUT2D eigenvalue weighted by Crippen LogP contribution is 2.16. The molecule has 0 radical (unpaired) electrons. The molecule has 27 heavy (non-hydrogen) atoms. The van der Waals surface area contributed by atoms with Crippen LogP contribution in [-0.4, -0.2) is 28.0 Å². The van der Waals surface area contributed by atoms with Crippen LogP contribution in [0.5, 0.6) is 0 Å². The minimum atomic E-state index is -0.869. The van der Waals surface area contributed by atoms with Gasteiger partial charge in [-0.15, -0.1) is 0 Å². The summed E-state index contributed by atoms with van der Waals surface area (Å²) in [5, 5.41) is 2.11. The molecule has 1 heterocycles. The molecular weight excluding hydrogens is 363 g/mol. The van der Waals surface area contributed by atoms with Crippen LogP contribution in [0.15, 0.2) is 55.0 Å². The van der Waals surface area contributed by atoms with Gasteiger partial charge in [-0.1, -0.05) is 0 Å². The molecular formula is C18H12F3N3O3. The number of amides is 1. The zero-order valence-electron chi connectivity index (χ0n) is 13.7. The van der Waals surface area contributed by atoms with Crippen molar-refractivity contribution in [1.29, 1.82) is 0 Å². The fraction of sp³-hybridized carbons (Fsp3) is 0.0556. The topological polar surface area (TPSA) is 73.2 Å². The number of ether oxygens (including phenoxy) is 1. The summed E-state index contributed by atoms with van der Waals surface area (Å²) in [6.07, 6.45) is 2.54. The molecule has 1 amide bonds. The largest absolute Gasteiger partial charge is 0.451 e. The molecule has 0 fully saturated rings. The quantitative estimate of drug-likeness (QED) is 0.696. The standard InChI is InChI=1S/C18H12F3N3O3/c19-11-1-4-13(5-2-11)24-10-22-8-16(24)18(26)27-9-17(25)23-15-7-12(20)3-6-14(15)21/h1-8,10H,9H2,(H,23,25). The van der Waals surface area contributed by atoms with E-state index in [0.717, 1.165) is 18.2 Å². The molecule has 0 aliphatic rings. The molecule has 0 saturated carbocycles. The Morgan fingerprint density at radius 2 is 1.74 bits per heavy atom. The number of rotatable bonds is 5. The van der Waals surface area contributed by atoms with Crippen molar-refractivity contribution in [3.05, 3.63) is 78.1 Å². The molecule has 3 aromatic rings. The van der Waals surface area contributed by atoms with E-state index in [1.807, 2.05) is 0 Å².